The Bertz CT molecular complexity index is 1020. The number of hydrogen-bond donors (Lipinski definition) is 2. The van der Waals surface area contributed by atoms with Gasteiger partial charge in [0.2, 0.25) is 0 Å². The number of phenols is 1. The summed E-state index contributed by atoms with van der Waals surface area (Å²) in [4.78, 5) is 29.8. The molecule has 0 bridgehead atoms. The second-order valence-electron chi connectivity index (χ2n) is 5.54. The standard InChI is InChI=1S/C18H12BrClN2O4S/c1-22-16(24)15(7-9-6-10(19)2-5-14(9)23)27-18(22)21-11-3-4-13(20)12(8-11)17(25)26/h2-8,23H,1H3,(H,25,26). The Hall–Kier alpha value is -2.29. The summed E-state index contributed by atoms with van der Waals surface area (Å²) in [5.41, 5.74) is 0.797. The molecule has 6 nitrogen and oxygen atoms in total. The summed E-state index contributed by atoms with van der Waals surface area (Å²) in [5, 5.41) is 19.6. The van der Waals surface area contributed by atoms with Crippen LogP contribution < -0.4 is 0 Å². The number of halogens is 2. The van der Waals surface area contributed by atoms with Crippen LogP contribution in [-0.4, -0.2) is 39.2 Å². The summed E-state index contributed by atoms with van der Waals surface area (Å²) in [6.45, 7) is 0. The molecule has 1 heterocycles. The molecule has 27 heavy (non-hydrogen) atoms. The average Bonchev–Trinajstić information content (AvgIpc) is 2.87. The molecule has 2 N–H and O–H groups in total. The molecule has 1 fully saturated rings. The number of aromatic carboxylic acids is 1. The number of aliphatic imine (C=N–C) groups is 1. The predicted molar refractivity (Wildman–Crippen MR) is 110 cm³/mol. The Balaban J connectivity index is 1.95. The lowest BCUT2D eigenvalue weighted by Crippen LogP contribution is -2.23. The summed E-state index contributed by atoms with van der Waals surface area (Å²) < 4.78 is 0.771. The van der Waals surface area contributed by atoms with Crippen molar-refractivity contribution in [3.05, 3.63) is 61.9 Å². The zero-order valence-corrected chi connectivity index (χ0v) is 17.0. The molecular weight excluding hydrogens is 456 g/mol. The van der Waals surface area contributed by atoms with Crippen molar-refractivity contribution in [3.8, 4) is 5.75 Å². The number of hydrogen-bond acceptors (Lipinski definition) is 5. The van der Waals surface area contributed by atoms with E-state index in [1.54, 1.807) is 31.3 Å². The highest BCUT2D eigenvalue weighted by atomic mass is 79.9. The monoisotopic (exact) mass is 466 g/mol. The lowest BCUT2D eigenvalue weighted by atomic mass is 10.2. The minimum atomic E-state index is -1.16. The lowest BCUT2D eigenvalue weighted by molar-refractivity contribution is -0.121. The number of benzene rings is 2. The van der Waals surface area contributed by atoms with Crippen LogP contribution in [0, 0.1) is 0 Å². The highest BCUT2D eigenvalue weighted by Crippen LogP contribution is 2.35. The molecule has 0 atom stereocenters. The first-order valence-corrected chi connectivity index (χ1v) is 9.52. The molecule has 0 aliphatic carbocycles. The molecule has 0 saturated carbocycles. The number of nitrogens with zero attached hydrogens (tertiary/aromatic N) is 2. The largest absolute Gasteiger partial charge is 0.507 e. The molecule has 9 heteroatoms. The van der Waals surface area contributed by atoms with E-state index in [2.05, 4.69) is 20.9 Å². The van der Waals surface area contributed by atoms with E-state index in [-0.39, 0.29) is 22.2 Å². The molecule has 138 valence electrons. The topological polar surface area (TPSA) is 90.2 Å². The van der Waals surface area contributed by atoms with Gasteiger partial charge in [0.15, 0.2) is 5.17 Å². The van der Waals surface area contributed by atoms with Gasteiger partial charge in [-0.1, -0.05) is 27.5 Å². The molecular formula is C18H12BrClN2O4S. The number of amidine groups is 1. The Morgan fingerprint density at radius 3 is 2.74 bits per heavy atom. The molecule has 1 amide bonds. The third kappa shape index (κ3) is 4.18. The number of carboxylic acids is 1. The minimum absolute atomic E-state index is 0.0518. The van der Waals surface area contributed by atoms with Crippen molar-refractivity contribution in [2.24, 2.45) is 4.99 Å². The van der Waals surface area contributed by atoms with Crippen LogP contribution in [0.15, 0.2) is 50.8 Å². The summed E-state index contributed by atoms with van der Waals surface area (Å²) in [5.74, 6) is -1.38. The van der Waals surface area contributed by atoms with Gasteiger partial charge in [-0.25, -0.2) is 9.79 Å². The van der Waals surface area contributed by atoms with E-state index in [0.717, 1.165) is 16.2 Å². The SMILES string of the molecule is CN1C(=O)C(=Cc2cc(Br)ccc2O)SC1=Nc1ccc(Cl)c(C(=O)O)c1. The van der Waals surface area contributed by atoms with E-state index in [4.69, 9.17) is 16.7 Å². The number of likely N-dealkylation sites (N-methyl/N-ethyl adjacent to an activating group) is 1. The maximum atomic E-state index is 12.5. The van der Waals surface area contributed by atoms with Gasteiger partial charge in [0.25, 0.3) is 5.91 Å². The molecule has 1 aliphatic heterocycles. The van der Waals surface area contributed by atoms with Gasteiger partial charge < -0.3 is 10.2 Å². The van der Waals surface area contributed by atoms with E-state index < -0.39 is 5.97 Å². The molecule has 2 aromatic carbocycles. The van der Waals surface area contributed by atoms with E-state index in [1.165, 1.54) is 23.1 Å². The molecule has 1 saturated heterocycles. The molecule has 3 rings (SSSR count). The molecule has 0 unspecified atom stereocenters. The Labute approximate surface area is 172 Å². The van der Waals surface area contributed by atoms with Crippen molar-refractivity contribution in [1.82, 2.24) is 4.90 Å². The third-order valence-corrected chi connectivity index (χ3v) is 5.57. The first-order chi connectivity index (χ1) is 12.8. The van der Waals surface area contributed by atoms with Gasteiger partial charge in [0.05, 0.1) is 21.2 Å². The van der Waals surface area contributed by atoms with Crippen LogP contribution in [0.25, 0.3) is 6.08 Å². The second-order valence-corrected chi connectivity index (χ2v) is 7.87. The van der Waals surface area contributed by atoms with E-state index in [1.807, 2.05) is 0 Å². The van der Waals surface area contributed by atoms with Gasteiger partial charge in [-0.3, -0.25) is 9.69 Å². The zero-order valence-electron chi connectivity index (χ0n) is 13.8. The van der Waals surface area contributed by atoms with Crippen LogP contribution in [0.4, 0.5) is 5.69 Å². The van der Waals surface area contributed by atoms with Crippen LogP contribution in [0.2, 0.25) is 5.02 Å². The normalized spacial score (nSPS) is 17.1. The van der Waals surface area contributed by atoms with Crippen molar-refractivity contribution < 1.29 is 19.8 Å². The molecule has 0 radical (unpaired) electrons. The Morgan fingerprint density at radius 1 is 1.30 bits per heavy atom. The quantitative estimate of drug-likeness (QED) is 0.636. The van der Waals surface area contributed by atoms with Gasteiger partial charge >= 0.3 is 5.97 Å². The van der Waals surface area contributed by atoms with Crippen molar-refractivity contribution in [2.75, 3.05) is 7.05 Å². The van der Waals surface area contributed by atoms with Gasteiger partial charge in [-0.2, -0.15) is 0 Å². The summed E-state index contributed by atoms with van der Waals surface area (Å²) in [6, 6.07) is 9.29. The third-order valence-electron chi connectivity index (χ3n) is 3.68. The second kappa shape index (κ2) is 7.75. The van der Waals surface area contributed by atoms with Crippen molar-refractivity contribution >= 4 is 68.1 Å². The Kier molecular flexibility index (Phi) is 5.59. The van der Waals surface area contributed by atoms with Gasteiger partial charge in [0.1, 0.15) is 5.75 Å². The molecule has 2 aromatic rings. The minimum Gasteiger partial charge on any atom is -0.507 e. The van der Waals surface area contributed by atoms with Crippen LogP contribution in [0.3, 0.4) is 0 Å². The smallest absolute Gasteiger partial charge is 0.337 e. The fourth-order valence-corrected chi connectivity index (χ4v) is 3.85. The number of rotatable bonds is 3. The van der Waals surface area contributed by atoms with E-state index in [0.29, 0.717) is 21.3 Å². The number of phenolic OH excluding ortho intramolecular Hbond substituents is 1. The fraction of sp³-hybridized carbons (Fsp3) is 0.0556. The molecule has 0 aromatic heterocycles. The summed E-state index contributed by atoms with van der Waals surface area (Å²) in [7, 11) is 1.57. The van der Waals surface area contributed by atoms with Crippen LogP contribution in [0.1, 0.15) is 15.9 Å². The Morgan fingerprint density at radius 2 is 2.04 bits per heavy atom. The summed E-state index contributed by atoms with van der Waals surface area (Å²) >= 11 is 10.3. The zero-order chi connectivity index (χ0) is 19.7. The number of amides is 1. The predicted octanol–water partition coefficient (Wildman–Crippen LogP) is 4.74. The van der Waals surface area contributed by atoms with Crippen LogP contribution in [0.5, 0.6) is 5.75 Å². The number of thioether (sulfide) groups is 1. The maximum absolute atomic E-state index is 12.5. The first-order valence-electron chi connectivity index (χ1n) is 7.54. The maximum Gasteiger partial charge on any atom is 0.337 e. The van der Waals surface area contributed by atoms with Gasteiger partial charge in [-0.15, -0.1) is 0 Å². The number of carboxylic acid groups (broad SMARTS) is 1. The average molecular weight is 468 g/mol. The van der Waals surface area contributed by atoms with Gasteiger partial charge in [-0.05, 0) is 54.2 Å². The van der Waals surface area contributed by atoms with E-state index in [9.17, 15) is 14.7 Å². The number of carbonyl (C=O) groups is 2. The van der Waals surface area contributed by atoms with E-state index >= 15 is 0 Å². The molecule has 0 spiro atoms. The lowest BCUT2D eigenvalue weighted by Gasteiger charge is -2.07. The highest BCUT2D eigenvalue weighted by molar-refractivity contribution is 9.10. The van der Waals surface area contributed by atoms with Crippen LogP contribution in [-0.2, 0) is 4.79 Å². The fourth-order valence-electron chi connectivity index (χ4n) is 2.29. The first kappa shape index (κ1) is 19.5. The van der Waals surface area contributed by atoms with Gasteiger partial charge in [0, 0.05) is 17.1 Å². The number of carbonyl (C=O) groups excluding carboxylic acids is 1. The van der Waals surface area contributed by atoms with Crippen LogP contribution >= 0.6 is 39.3 Å². The summed E-state index contributed by atoms with van der Waals surface area (Å²) in [6.07, 6.45) is 1.58. The van der Waals surface area contributed by atoms with Crippen molar-refractivity contribution in [2.45, 2.75) is 0 Å². The molecule has 1 aliphatic rings. The number of aromatic hydroxyl groups is 1. The van der Waals surface area contributed by atoms with Crippen molar-refractivity contribution in [1.29, 1.82) is 0 Å². The van der Waals surface area contributed by atoms with Crippen molar-refractivity contribution in [3.63, 3.8) is 0 Å². The highest BCUT2D eigenvalue weighted by Gasteiger charge is 2.30.